The van der Waals surface area contributed by atoms with E-state index in [1.807, 2.05) is 29.5 Å². The number of nitrogens with zero attached hydrogens (tertiary/aromatic N) is 5. The first-order chi connectivity index (χ1) is 34.2. The number of hydrogen-bond acceptors (Lipinski definition) is 4. The van der Waals surface area contributed by atoms with E-state index in [-0.39, 0.29) is 0 Å². The van der Waals surface area contributed by atoms with Gasteiger partial charge in [-0.25, -0.2) is 15.0 Å². The summed E-state index contributed by atoms with van der Waals surface area (Å²) >= 11 is 1.88. The Kier molecular flexibility index (Phi) is 9.00. The minimum absolute atomic E-state index is 0.625. The normalized spacial score (nSPS) is 11.8. The standard InChI is InChI=1S/C63H39N5S/c1-4-16-40(17-5-1)44-20-14-21-45(38-44)41-30-32-43(33-31-41)62-64-61(42-18-6-2-7-19-42)65-63(66-62)46-34-37-56-53(39-46)50-35-36-52-51-26-15-29-57(59(51)69-60(52)58(50)67(56)47-22-8-3-9-23-47)68-54-27-12-10-24-48(54)49-25-11-13-28-55(49)68/h1-39H. The number of para-hydroxylation sites is 3. The molecular weight excluding hydrogens is 859 g/mol. The van der Waals surface area contributed by atoms with Crippen LogP contribution in [0.2, 0.25) is 0 Å². The van der Waals surface area contributed by atoms with Crippen LogP contribution in [0.5, 0.6) is 0 Å². The summed E-state index contributed by atoms with van der Waals surface area (Å²) in [6.07, 6.45) is 0. The van der Waals surface area contributed by atoms with Crippen LogP contribution in [0.25, 0.3) is 132 Å². The molecule has 0 N–H and O–H groups in total. The van der Waals surface area contributed by atoms with Crippen LogP contribution in [0.1, 0.15) is 0 Å². The molecule has 0 bridgehead atoms. The molecule has 0 saturated heterocycles. The zero-order chi connectivity index (χ0) is 45.4. The maximum atomic E-state index is 5.23. The van der Waals surface area contributed by atoms with Gasteiger partial charge in [-0.2, -0.15) is 0 Å². The van der Waals surface area contributed by atoms with Crippen molar-refractivity contribution in [1.82, 2.24) is 24.1 Å². The number of hydrogen-bond donors (Lipinski definition) is 0. The highest BCUT2D eigenvalue weighted by molar-refractivity contribution is 7.27. The molecule has 0 saturated carbocycles. The Morgan fingerprint density at radius 3 is 1.42 bits per heavy atom. The first kappa shape index (κ1) is 39.2. The second kappa shape index (κ2) is 15.8. The summed E-state index contributed by atoms with van der Waals surface area (Å²) in [6.45, 7) is 0. The second-order valence-corrected chi connectivity index (χ2v) is 18.6. The fraction of sp³-hybridized carbons (Fsp3) is 0. The summed E-state index contributed by atoms with van der Waals surface area (Å²) in [5, 5.41) is 7.33. The molecule has 14 aromatic rings. The molecule has 0 spiro atoms. The third-order valence-corrected chi connectivity index (χ3v) is 14.8. The van der Waals surface area contributed by atoms with Gasteiger partial charge in [0.05, 0.1) is 37.2 Å². The van der Waals surface area contributed by atoms with Gasteiger partial charge in [0.15, 0.2) is 17.5 Å². The number of fused-ring (bicyclic) bond motifs is 10. The molecule has 0 atom stereocenters. The summed E-state index contributed by atoms with van der Waals surface area (Å²) in [5.41, 5.74) is 14.5. The summed E-state index contributed by atoms with van der Waals surface area (Å²) in [5.74, 6) is 1.88. The average Bonchev–Trinajstić information content (AvgIpc) is 4.09. The third kappa shape index (κ3) is 6.41. The molecule has 4 aromatic heterocycles. The van der Waals surface area contributed by atoms with Gasteiger partial charge in [-0.15, -0.1) is 11.3 Å². The molecule has 0 amide bonds. The predicted octanol–water partition coefficient (Wildman–Crippen LogP) is 16.8. The van der Waals surface area contributed by atoms with Crippen LogP contribution in [0.15, 0.2) is 237 Å². The van der Waals surface area contributed by atoms with Crippen molar-refractivity contribution in [3.05, 3.63) is 237 Å². The Hall–Kier alpha value is -8.97. The maximum Gasteiger partial charge on any atom is 0.164 e. The fourth-order valence-corrected chi connectivity index (χ4v) is 11.7. The van der Waals surface area contributed by atoms with Gasteiger partial charge in [-0.1, -0.05) is 182 Å². The molecule has 4 heterocycles. The molecular formula is C63H39N5S. The lowest BCUT2D eigenvalue weighted by atomic mass is 9.98. The van der Waals surface area contributed by atoms with Crippen molar-refractivity contribution in [2.45, 2.75) is 0 Å². The molecule has 322 valence electrons. The molecule has 10 aromatic carbocycles. The van der Waals surface area contributed by atoms with Crippen LogP contribution < -0.4 is 0 Å². The molecule has 0 aliphatic heterocycles. The number of rotatable bonds is 7. The van der Waals surface area contributed by atoms with Crippen LogP contribution in [0, 0.1) is 0 Å². The first-order valence-electron chi connectivity index (χ1n) is 23.3. The highest BCUT2D eigenvalue weighted by Crippen LogP contribution is 2.46. The number of thiophene rings is 1. The van der Waals surface area contributed by atoms with Crippen molar-refractivity contribution < 1.29 is 0 Å². The van der Waals surface area contributed by atoms with E-state index in [1.54, 1.807) is 0 Å². The van der Waals surface area contributed by atoms with Crippen molar-refractivity contribution in [2.75, 3.05) is 0 Å². The largest absolute Gasteiger partial charge is 0.308 e. The Labute approximate surface area is 401 Å². The molecule has 14 rings (SSSR count). The lowest BCUT2D eigenvalue weighted by Crippen LogP contribution is -2.00. The smallest absolute Gasteiger partial charge is 0.164 e. The minimum atomic E-state index is 0.625. The van der Waals surface area contributed by atoms with Crippen molar-refractivity contribution in [1.29, 1.82) is 0 Å². The van der Waals surface area contributed by atoms with Gasteiger partial charge in [-0.3, -0.25) is 0 Å². The minimum Gasteiger partial charge on any atom is -0.308 e. The van der Waals surface area contributed by atoms with E-state index in [4.69, 9.17) is 15.0 Å². The van der Waals surface area contributed by atoms with E-state index in [9.17, 15) is 0 Å². The lowest BCUT2D eigenvalue weighted by molar-refractivity contribution is 1.07. The van der Waals surface area contributed by atoms with E-state index in [0.29, 0.717) is 17.5 Å². The molecule has 0 fully saturated rings. The van der Waals surface area contributed by atoms with Gasteiger partial charge in [0.2, 0.25) is 0 Å². The maximum absolute atomic E-state index is 5.23. The first-order valence-corrected chi connectivity index (χ1v) is 24.1. The van der Waals surface area contributed by atoms with Gasteiger partial charge in [0, 0.05) is 54.7 Å². The van der Waals surface area contributed by atoms with Crippen LogP contribution >= 0.6 is 11.3 Å². The summed E-state index contributed by atoms with van der Waals surface area (Å²) in [4.78, 5) is 15.5. The predicted molar refractivity (Wildman–Crippen MR) is 289 cm³/mol. The zero-order valence-electron chi connectivity index (χ0n) is 37.2. The van der Waals surface area contributed by atoms with Gasteiger partial charge in [0.1, 0.15) is 0 Å². The summed E-state index contributed by atoms with van der Waals surface area (Å²) in [7, 11) is 0. The molecule has 0 radical (unpaired) electrons. The molecule has 0 unspecified atom stereocenters. The van der Waals surface area contributed by atoms with Crippen molar-refractivity contribution in [3.63, 3.8) is 0 Å². The Morgan fingerprint density at radius 1 is 0.275 bits per heavy atom. The van der Waals surface area contributed by atoms with Gasteiger partial charge in [-0.05, 0) is 76.9 Å². The summed E-state index contributed by atoms with van der Waals surface area (Å²) in [6, 6.07) is 84.3. The fourth-order valence-electron chi connectivity index (χ4n) is 10.4. The van der Waals surface area contributed by atoms with Crippen molar-refractivity contribution in [3.8, 4) is 67.8 Å². The van der Waals surface area contributed by atoms with Crippen LogP contribution in [0.4, 0.5) is 0 Å². The van der Waals surface area contributed by atoms with Crippen LogP contribution in [-0.2, 0) is 0 Å². The number of aromatic nitrogens is 5. The van der Waals surface area contributed by atoms with Crippen LogP contribution in [-0.4, -0.2) is 24.1 Å². The molecule has 69 heavy (non-hydrogen) atoms. The van der Waals surface area contributed by atoms with E-state index in [1.165, 1.54) is 69.7 Å². The Bertz CT molecular complexity index is 4230. The van der Waals surface area contributed by atoms with E-state index < -0.39 is 0 Å². The van der Waals surface area contributed by atoms with E-state index in [2.05, 4.69) is 228 Å². The zero-order valence-corrected chi connectivity index (χ0v) is 38.0. The van der Waals surface area contributed by atoms with Gasteiger partial charge in [0.25, 0.3) is 0 Å². The molecule has 0 aliphatic rings. The highest BCUT2D eigenvalue weighted by Gasteiger charge is 2.22. The monoisotopic (exact) mass is 897 g/mol. The summed E-state index contributed by atoms with van der Waals surface area (Å²) < 4.78 is 7.40. The Morgan fingerprint density at radius 2 is 0.739 bits per heavy atom. The topological polar surface area (TPSA) is 48.5 Å². The molecule has 6 heteroatoms. The molecule has 5 nitrogen and oxygen atoms in total. The molecule has 0 aliphatic carbocycles. The van der Waals surface area contributed by atoms with E-state index >= 15 is 0 Å². The SMILES string of the molecule is c1ccc(-c2cccc(-c3ccc(-c4nc(-c5ccccc5)nc(-c5ccc6c(c5)c5ccc7c8cccc(-n9c%10ccccc%10c%10ccccc%109)c8sc7c5n6-c5ccccc5)n4)cc3)c2)cc1. The highest BCUT2D eigenvalue weighted by atomic mass is 32.1. The quantitative estimate of drug-likeness (QED) is 0.160. The number of benzene rings is 10. The van der Waals surface area contributed by atoms with Crippen molar-refractivity contribution in [2.24, 2.45) is 0 Å². The van der Waals surface area contributed by atoms with Crippen LogP contribution in [0.3, 0.4) is 0 Å². The third-order valence-electron chi connectivity index (χ3n) is 13.6. The second-order valence-electron chi connectivity index (χ2n) is 17.6. The van der Waals surface area contributed by atoms with Crippen molar-refractivity contribution >= 4 is 75.1 Å². The Balaban J connectivity index is 0.940. The average molecular weight is 898 g/mol. The lowest BCUT2D eigenvalue weighted by Gasteiger charge is -2.10. The van der Waals surface area contributed by atoms with Gasteiger partial charge < -0.3 is 9.13 Å². The van der Waals surface area contributed by atoms with Gasteiger partial charge >= 0.3 is 0 Å². The van der Waals surface area contributed by atoms with E-state index in [0.717, 1.165) is 44.4 Å².